The lowest BCUT2D eigenvalue weighted by Crippen LogP contribution is -2.42. The summed E-state index contributed by atoms with van der Waals surface area (Å²) in [6.45, 7) is 0. The average molecular weight is 242 g/mol. The van der Waals surface area contributed by atoms with Gasteiger partial charge in [-0.3, -0.25) is 4.79 Å². The third-order valence-corrected chi connectivity index (χ3v) is 5.07. The van der Waals surface area contributed by atoms with Gasteiger partial charge in [-0.2, -0.15) is 11.8 Å². The van der Waals surface area contributed by atoms with Crippen LogP contribution in [0, 0.1) is 5.92 Å². The Balaban J connectivity index is 1.86. The summed E-state index contributed by atoms with van der Waals surface area (Å²) in [7, 11) is 1.98. The summed E-state index contributed by atoms with van der Waals surface area (Å²) in [6, 6.07) is 0.810. The maximum absolute atomic E-state index is 12.3. The molecular weight excluding hydrogens is 220 g/mol. The highest BCUT2D eigenvalue weighted by molar-refractivity contribution is 7.99. The molecule has 2 fully saturated rings. The lowest BCUT2D eigenvalue weighted by Gasteiger charge is -2.31. The van der Waals surface area contributed by atoms with Crippen molar-refractivity contribution < 1.29 is 4.79 Å². The fourth-order valence-corrected chi connectivity index (χ4v) is 3.93. The highest BCUT2D eigenvalue weighted by Crippen LogP contribution is 2.28. The Kier molecular flexibility index (Phi) is 4.14. The van der Waals surface area contributed by atoms with Crippen LogP contribution in [0.4, 0.5) is 0 Å². The van der Waals surface area contributed by atoms with Gasteiger partial charge in [0.2, 0.25) is 5.91 Å². The monoisotopic (exact) mass is 242 g/mol. The van der Waals surface area contributed by atoms with Gasteiger partial charge >= 0.3 is 0 Å². The van der Waals surface area contributed by atoms with E-state index in [1.165, 1.54) is 12.2 Å². The van der Waals surface area contributed by atoms with Crippen molar-refractivity contribution in [3.8, 4) is 0 Å². The molecule has 1 saturated heterocycles. The Morgan fingerprint density at radius 2 is 1.94 bits per heavy atom. The molecule has 1 unspecified atom stereocenters. The van der Waals surface area contributed by atoms with E-state index in [9.17, 15) is 4.79 Å². The van der Waals surface area contributed by atoms with E-state index in [0.29, 0.717) is 18.0 Å². The highest BCUT2D eigenvalue weighted by atomic mass is 32.2. The molecular formula is C12H22N2OS. The minimum absolute atomic E-state index is 0.246. The molecule has 0 bridgehead atoms. The Morgan fingerprint density at radius 1 is 1.25 bits per heavy atom. The summed E-state index contributed by atoms with van der Waals surface area (Å²) < 4.78 is 0. The lowest BCUT2D eigenvalue weighted by atomic mass is 9.85. The number of carbonyl (C=O) groups excluding carboxylic acids is 1. The van der Waals surface area contributed by atoms with Crippen molar-refractivity contribution in [3.05, 3.63) is 0 Å². The number of amides is 1. The minimum atomic E-state index is 0.246. The van der Waals surface area contributed by atoms with E-state index in [2.05, 4.69) is 0 Å². The van der Waals surface area contributed by atoms with Crippen molar-refractivity contribution in [2.75, 3.05) is 18.6 Å². The van der Waals surface area contributed by atoms with E-state index >= 15 is 0 Å². The smallest absolute Gasteiger partial charge is 0.225 e. The minimum Gasteiger partial charge on any atom is -0.342 e. The summed E-state index contributed by atoms with van der Waals surface area (Å²) >= 11 is 1.96. The molecule has 0 aromatic carbocycles. The van der Waals surface area contributed by atoms with E-state index in [0.717, 1.165) is 31.4 Å². The van der Waals surface area contributed by atoms with Gasteiger partial charge < -0.3 is 10.6 Å². The summed E-state index contributed by atoms with van der Waals surface area (Å²) in [5.41, 5.74) is 5.87. The van der Waals surface area contributed by atoms with Gasteiger partial charge in [0.05, 0.1) is 0 Å². The topological polar surface area (TPSA) is 46.3 Å². The molecule has 3 nitrogen and oxygen atoms in total. The largest absolute Gasteiger partial charge is 0.342 e. The Morgan fingerprint density at radius 3 is 2.50 bits per heavy atom. The van der Waals surface area contributed by atoms with Crippen molar-refractivity contribution in [1.29, 1.82) is 0 Å². The van der Waals surface area contributed by atoms with Crippen LogP contribution >= 0.6 is 11.8 Å². The molecule has 4 heteroatoms. The van der Waals surface area contributed by atoms with Gasteiger partial charge in [0.1, 0.15) is 0 Å². The van der Waals surface area contributed by atoms with Gasteiger partial charge in [0, 0.05) is 30.8 Å². The van der Waals surface area contributed by atoms with Gasteiger partial charge in [-0.25, -0.2) is 0 Å². The molecule has 1 atom stereocenters. The molecule has 1 amide bonds. The summed E-state index contributed by atoms with van der Waals surface area (Å²) in [4.78, 5) is 14.3. The number of hydrogen-bond donors (Lipinski definition) is 1. The maximum Gasteiger partial charge on any atom is 0.225 e. The van der Waals surface area contributed by atoms with E-state index in [1.54, 1.807) is 0 Å². The van der Waals surface area contributed by atoms with Gasteiger partial charge in [0.25, 0.3) is 0 Å². The van der Waals surface area contributed by atoms with Gasteiger partial charge in [-0.05, 0) is 37.9 Å². The summed E-state index contributed by atoms with van der Waals surface area (Å²) in [5.74, 6) is 2.93. The predicted molar refractivity (Wildman–Crippen MR) is 68.4 cm³/mol. The molecule has 1 saturated carbocycles. The highest BCUT2D eigenvalue weighted by Gasteiger charge is 2.31. The number of carbonyl (C=O) groups is 1. The standard InChI is InChI=1S/C12H22N2OS/c1-14(11-6-7-16-8-11)12(15)9-2-4-10(13)5-3-9/h9-11H,2-8,13H2,1H3. The zero-order valence-corrected chi connectivity index (χ0v) is 10.8. The molecule has 1 heterocycles. The molecule has 92 valence electrons. The molecule has 2 aliphatic rings. The maximum atomic E-state index is 12.3. The molecule has 0 aromatic heterocycles. The summed E-state index contributed by atoms with van der Waals surface area (Å²) in [6.07, 6.45) is 5.18. The summed E-state index contributed by atoms with van der Waals surface area (Å²) in [5, 5.41) is 0. The van der Waals surface area contributed by atoms with Crippen LogP contribution in [0.1, 0.15) is 32.1 Å². The van der Waals surface area contributed by atoms with Gasteiger partial charge in [0.15, 0.2) is 0 Å². The SMILES string of the molecule is CN(C(=O)C1CCC(N)CC1)C1CCSC1. The number of nitrogens with zero attached hydrogens (tertiary/aromatic N) is 1. The number of thioether (sulfide) groups is 1. The average Bonchev–Trinajstić information content (AvgIpc) is 2.81. The first-order valence-corrected chi connectivity index (χ1v) is 7.44. The van der Waals surface area contributed by atoms with Crippen LogP contribution in [0.15, 0.2) is 0 Å². The third kappa shape index (κ3) is 2.72. The van der Waals surface area contributed by atoms with E-state index < -0.39 is 0 Å². The van der Waals surface area contributed by atoms with Crippen molar-refractivity contribution >= 4 is 17.7 Å². The van der Waals surface area contributed by atoms with Gasteiger partial charge in [-0.15, -0.1) is 0 Å². The van der Waals surface area contributed by atoms with Gasteiger partial charge in [-0.1, -0.05) is 0 Å². The molecule has 1 aliphatic heterocycles. The Bertz CT molecular complexity index is 245. The van der Waals surface area contributed by atoms with Crippen LogP contribution in [0.2, 0.25) is 0 Å². The fourth-order valence-electron chi connectivity index (χ4n) is 2.66. The quantitative estimate of drug-likeness (QED) is 0.797. The molecule has 2 N–H and O–H groups in total. The fraction of sp³-hybridized carbons (Fsp3) is 0.917. The normalized spacial score (nSPS) is 35.0. The van der Waals surface area contributed by atoms with E-state index in [4.69, 9.17) is 5.73 Å². The van der Waals surface area contributed by atoms with Crippen molar-refractivity contribution in [3.63, 3.8) is 0 Å². The van der Waals surface area contributed by atoms with Crippen molar-refractivity contribution in [2.24, 2.45) is 11.7 Å². The zero-order valence-electron chi connectivity index (χ0n) is 10.0. The van der Waals surface area contributed by atoms with Crippen LogP contribution in [0.5, 0.6) is 0 Å². The van der Waals surface area contributed by atoms with E-state index in [1.807, 2.05) is 23.7 Å². The number of rotatable bonds is 2. The predicted octanol–water partition coefficient (Wildman–Crippen LogP) is 1.47. The van der Waals surface area contributed by atoms with Crippen molar-refractivity contribution in [2.45, 2.75) is 44.2 Å². The van der Waals surface area contributed by atoms with Crippen LogP contribution in [0.3, 0.4) is 0 Å². The zero-order chi connectivity index (χ0) is 11.5. The second-order valence-corrected chi connectivity index (χ2v) is 6.23. The molecule has 0 radical (unpaired) electrons. The number of nitrogens with two attached hydrogens (primary N) is 1. The molecule has 2 rings (SSSR count). The molecule has 16 heavy (non-hydrogen) atoms. The van der Waals surface area contributed by atoms with Crippen LogP contribution in [-0.4, -0.2) is 41.4 Å². The Labute approximate surface area is 102 Å². The second-order valence-electron chi connectivity index (χ2n) is 5.08. The lowest BCUT2D eigenvalue weighted by molar-refractivity contribution is -0.137. The van der Waals surface area contributed by atoms with Crippen LogP contribution in [0.25, 0.3) is 0 Å². The second kappa shape index (κ2) is 5.41. The first-order valence-electron chi connectivity index (χ1n) is 6.28. The first-order chi connectivity index (χ1) is 7.68. The molecule has 0 spiro atoms. The third-order valence-electron chi connectivity index (χ3n) is 3.92. The number of hydrogen-bond acceptors (Lipinski definition) is 3. The Hall–Kier alpha value is -0.220. The molecule has 1 aliphatic carbocycles. The van der Waals surface area contributed by atoms with Crippen molar-refractivity contribution in [1.82, 2.24) is 4.90 Å². The first kappa shape index (κ1) is 12.2. The van der Waals surface area contributed by atoms with Crippen LogP contribution < -0.4 is 5.73 Å². The van der Waals surface area contributed by atoms with E-state index in [-0.39, 0.29) is 5.92 Å². The molecule has 0 aromatic rings. The van der Waals surface area contributed by atoms with Crippen LogP contribution in [-0.2, 0) is 4.79 Å².